The Morgan fingerprint density at radius 3 is 2.92 bits per heavy atom. The molecule has 1 heterocycles. The number of ether oxygens (including phenoxy) is 1. The predicted octanol–water partition coefficient (Wildman–Crippen LogP) is 2.38. The highest BCUT2D eigenvalue weighted by atomic mass is 19.1. The summed E-state index contributed by atoms with van der Waals surface area (Å²) >= 11 is 0. The third-order valence-electron chi connectivity index (χ3n) is 3.71. The number of nitrogens with zero attached hydrogens (tertiary/aromatic N) is 1. The van der Waals surface area contributed by atoms with Crippen molar-refractivity contribution in [1.29, 1.82) is 5.26 Å². The predicted molar refractivity (Wildman–Crippen MR) is 92.4 cm³/mol. The molecule has 0 fully saturated rings. The van der Waals surface area contributed by atoms with Crippen LogP contribution in [0.2, 0.25) is 0 Å². The highest BCUT2D eigenvalue weighted by Gasteiger charge is 2.16. The minimum atomic E-state index is -0.617. The van der Waals surface area contributed by atoms with E-state index in [0.29, 0.717) is 22.6 Å². The molecule has 2 aromatic rings. The van der Waals surface area contributed by atoms with E-state index >= 15 is 0 Å². The van der Waals surface area contributed by atoms with E-state index in [1.165, 1.54) is 12.1 Å². The van der Waals surface area contributed by atoms with Gasteiger partial charge in [0.25, 0.3) is 11.8 Å². The van der Waals surface area contributed by atoms with Crippen LogP contribution in [0.1, 0.15) is 11.1 Å². The van der Waals surface area contributed by atoms with Crippen LogP contribution >= 0.6 is 0 Å². The maximum Gasteiger partial charge on any atom is 0.262 e. The molecular formula is C19H14FN3O3. The Labute approximate surface area is 148 Å². The monoisotopic (exact) mass is 351 g/mol. The maximum atomic E-state index is 13.6. The van der Waals surface area contributed by atoms with E-state index < -0.39 is 11.7 Å². The lowest BCUT2D eigenvalue weighted by Crippen LogP contribution is -2.25. The summed E-state index contributed by atoms with van der Waals surface area (Å²) in [6.45, 7) is -0.0807. The van der Waals surface area contributed by atoms with Gasteiger partial charge in [-0.1, -0.05) is 24.3 Å². The van der Waals surface area contributed by atoms with Gasteiger partial charge in [-0.15, -0.1) is 0 Å². The first-order valence-electron chi connectivity index (χ1n) is 7.77. The second kappa shape index (κ2) is 7.49. The van der Waals surface area contributed by atoms with E-state index in [0.717, 1.165) is 0 Å². The molecule has 130 valence electrons. The smallest absolute Gasteiger partial charge is 0.262 e. The summed E-state index contributed by atoms with van der Waals surface area (Å²) in [7, 11) is 0. The van der Waals surface area contributed by atoms with Crippen LogP contribution in [0.5, 0.6) is 5.75 Å². The second-order valence-corrected chi connectivity index (χ2v) is 5.54. The minimum absolute atomic E-state index is 0.0292. The van der Waals surface area contributed by atoms with Gasteiger partial charge in [-0.2, -0.15) is 5.26 Å². The minimum Gasteiger partial charge on any atom is -0.482 e. The zero-order chi connectivity index (χ0) is 18.5. The van der Waals surface area contributed by atoms with Crippen LogP contribution in [0.25, 0.3) is 6.08 Å². The molecular weight excluding hydrogens is 337 g/mol. The molecule has 0 saturated heterocycles. The van der Waals surface area contributed by atoms with E-state index in [-0.39, 0.29) is 24.6 Å². The lowest BCUT2D eigenvalue weighted by atomic mass is 10.1. The van der Waals surface area contributed by atoms with E-state index in [4.69, 9.17) is 4.74 Å². The number of hydrogen-bond acceptors (Lipinski definition) is 4. The standard InChI is InChI=1S/C19H14FN3O3/c20-15-4-2-1-3-13(15)10-22-19(25)14(9-21)7-12-5-6-17-16(8-12)23-18(24)11-26-17/h1-8H,10-11H2,(H,22,25)(H,23,24)/b14-7-. The molecule has 0 saturated carbocycles. The van der Waals surface area contributed by atoms with Crippen LogP contribution in [-0.4, -0.2) is 18.4 Å². The van der Waals surface area contributed by atoms with Crippen molar-refractivity contribution in [3.63, 3.8) is 0 Å². The van der Waals surface area contributed by atoms with Crippen molar-refractivity contribution in [2.45, 2.75) is 6.54 Å². The fraction of sp³-hybridized carbons (Fsp3) is 0.105. The van der Waals surface area contributed by atoms with Crippen LogP contribution in [0, 0.1) is 17.1 Å². The van der Waals surface area contributed by atoms with E-state index in [2.05, 4.69) is 10.6 Å². The molecule has 0 radical (unpaired) electrons. The van der Waals surface area contributed by atoms with Crippen LogP contribution in [0.4, 0.5) is 10.1 Å². The average Bonchev–Trinajstić information content (AvgIpc) is 2.64. The summed E-state index contributed by atoms with van der Waals surface area (Å²) < 4.78 is 18.8. The van der Waals surface area contributed by atoms with Crippen LogP contribution in [0.15, 0.2) is 48.0 Å². The fourth-order valence-corrected chi connectivity index (χ4v) is 2.42. The van der Waals surface area contributed by atoms with Crippen molar-refractivity contribution in [2.24, 2.45) is 0 Å². The number of rotatable bonds is 4. The number of carbonyl (C=O) groups is 2. The summed E-state index contributed by atoms with van der Waals surface area (Å²) in [5.74, 6) is -0.805. The molecule has 6 nitrogen and oxygen atoms in total. The molecule has 0 spiro atoms. The lowest BCUT2D eigenvalue weighted by molar-refractivity contribution is -0.119. The zero-order valence-corrected chi connectivity index (χ0v) is 13.6. The zero-order valence-electron chi connectivity index (χ0n) is 13.6. The maximum absolute atomic E-state index is 13.6. The summed E-state index contributed by atoms with van der Waals surface area (Å²) in [6, 6.07) is 12.8. The van der Waals surface area contributed by atoms with Crippen molar-refractivity contribution in [1.82, 2.24) is 5.32 Å². The highest BCUT2D eigenvalue weighted by molar-refractivity contribution is 6.02. The molecule has 2 N–H and O–H groups in total. The van der Waals surface area contributed by atoms with Gasteiger partial charge in [0.2, 0.25) is 0 Å². The van der Waals surface area contributed by atoms with Gasteiger partial charge in [-0.3, -0.25) is 9.59 Å². The van der Waals surface area contributed by atoms with Gasteiger partial charge in [-0.25, -0.2) is 4.39 Å². The number of benzene rings is 2. The molecule has 7 heteroatoms. The number of nitriles is 1. The Morgan fingerprint density at radius 2 is 2.15 bits per heavy atom. The molecule has 26 heavy (non-hydrogen) atoms. The number of anilines is 1. The van der Waals surface area contributed by atoms with Gasteiger partial charge in [0, 0.05) is 12.1 Å². The van der Waals surface area contributed by atoms with Crippen molar-refractivity contribution >= 4 is 23.6 Å². The Morgan fingerprint density at radius 1 is 1.35 bits per heavy atom. The molecule has 0 aromatic heterocycles. The number of fused-ring (bicyclic) bond motifs is 1. The average molecular weight is 351 g/mol. The largest absolute Gasteiger partial charge is 0.482 e. The Bertz CT molecular complexity index is 947. The Kier molecular flexibility index (Phi) is 4.94. The van der Waals surface area contributed by atoms with Gasteiger partial charge in [0.15, 0.2) is 6.61 Å². The first-order chi connectivity index (χ1) is 12.6. The van der Waals surface area contributed by atoms with Crippen LogP contribution < -0.4 is 15.4 Å². The van der Waals surface area contributed by atoms with Crippen molar-refractivity contribution in [2.75, 3.05) is 11.9 Å². The molecule has 0 aliphatic carbocycles. The van der Waals surface area contributed by atoms with Crippen molar-refractivity contribution in [3.05, 3.63) is 65.0 Å². The number of halogens is 1. The first kappa shape index (κ1) is 17.2. The Balaban J connectivity index is 1.75. The van der Waals surface area contributed by atoms with Gasteiger partial charge in [0.05, 0.1) is 5.69 Å². The van der Waals surface area contributed by atoms with Gasteiger partial charge in [-0.05, 0) is 29.8 Å². The highest BCUT2D eigenvalue weighted by Crippen LogP contribution is 2.29. The number of carbonyl (C=O) groups excluding carboxylic acids is 2. The van der Waals surface area contributed by atoms with Gasteiger partial charge >= 0.3 is 0 Å². The second-order valence-electron chi connectivity index (χ2n) is 5.54. The van der Waals surface area contributed by atoms with Gasteiger partial charge in [0.1, 0.15) is 23.2 Å². The van der Waals surface area contributed by atoms with Gasteiger partial charge < -0.3 is 15.4 Å². The molecule has 1 aliphatic heterocycles. The SMILES string of the molecule is N#C/C(=C/c1ccc2c(c1)NC(=O)CO2)C(=O)NCc1ccccc1F. The first-order valence-corrected chi connectivity index (χ1v) is 7.77. The topological polar surface area (TPSA) is 91.2 Å². The Hall–Kier alpha value is -3.66. The number of nitrogens with one attached hydrogen (secondary N) is 2. The summed E-state index contributed by atoms with van der Waals surface area (Å²) in [4.78, 5) is 23.6. The number of hydrogen-bond donors (Lipinski definition) is 2. The molecule has 1 aliphatic rings. The van der Waals surface area contributed by atoms with E-state index in [9.17, 15) is 19.2 Å². The van der Waals surface area contributed by atoms with Crippen molar-refractivity contribution < 1.29 is 18.7 Å². The summed E-state index contributed by atoms with van der Waals surface area (Å²) in [5, 5.41) is 14.4. The molecule has 2 amide bonds. The third kappa shape index (κ3) is 3.87. The number of amides is 2. The quantitative estimate of drug-likeness (QED) is 0.654. The summed E-state index contributed by atoms with van der Waals surface area (Å²) in [5.41, 5.74) is 1.21. The van der Waals surface area contributed by atoms with Crippen LogP contribution in [0.3, 0.4) is 0 Å². The molecule has 3 rings (SSSR count). The molecule has 0 unspecified atom stereocenters. The van der Waals surface area contributed by atoms with Crippen molar-refractivity contribution in [3.8, 4) is 11.8 Å². The van der Waals surface area contributed by atoms with E-state index in [1.54, 1.807) is 36.4 Å². The molecule has 0 atom stereocenters. The van der Waals surface area contributed by atoms with E-state index in [1.807, 2.05) is 6.07 Å². The summed E-state index contributed by atoms with van der Waals surface area (Å²) in [6.07, 6.45) is 1.39. The third-order valence-corrected chi connectivity index (χ3v) is 3.71. The normalized spacial score (nSPS) is 13.1. The fourth-order valence-electron chi connectivity index (χ4n) is 2.42. The lowest BCUT2D eigenvalue weighted by Gasteiger charge is -2.17. The van der Waals surface area contributed by atoms with Crippen LogP contribution in [-0.2, 0) is 16.1 Å². The molecule has 0 bridgehead atoms. The molecule has 2 aromatic carbocycles.